The van der Waals surface area contributed by atoms with Gasteiger partial charge in [0.1, 0.15) is 5.75 Å². The molecule has 0 aliphatic carbocycles. The van der Waals surface area contributed by atoms with E-state index in [4.69, 9.17) is 9.84 Å². The number of anilines is 1. The number of fused-ring (bicyclic) bond motifs is 1. The molecule has 0 aromatic heterocycles. The Bertz CT molecular complexity index is 826. The first-order valence-corrected chi connectivity index (χ1v) is 7.72. The van der Waals surface area contributed by atoms with Crippen LogP contribution < -0.4 is 9.64 Å². The van der Waals surface area contributed by atoms with E-state index in [0.29, 0.717) is 18.0 Å². The summed E-state index contributed by atoms with van der Waals surface area (Å²) in [6, 6.07) is 12.5. The Labute approximate surface area is 140 Å². The molecule has 0 radical (unpaired) electrons. The summed E-state index contributed by atoms with van der Waals surface area (Å²) in [6.07, 6.45) is 0. The minimum Gasteiger partial charge on any atom is -0.478 e. The number of carboxylic acid groups (broad SMARTS) is 1. The van der Waals surface area contributed by atoms with Gasteiger partial charge in [0.15, 0.2) is 5.60 Å². The van der Waals surface area contributed by atoms with Gasteiger partial charge in [0.2, 0.25) is 0 Å². The van der Waals surface area contributed by atoms with E-state index >= 15 is 0 Å². The Morgan fingerprint density at radius 3 is 2.58 bits per heavy atom. The van der Waals surface area contributed by atoms with Crippen LogP contribution in [0.2, 0.25) is 0 Å². The van der Waals surface area contributed by atoms with Crippen LogP contribution in [-0.4, -0.2) is 22.6 Å². The molecule has 124 valence electrons. The molecule has 0 fully saturated rings. The van der Waals surface area contributed by atoms with Crippen LogP contribution in [0.4, 0.5) is 5.69 Å². The average Bonchev–Trinajstić information content (AvgIpc) is 2.52. The van der Waals surface area contributed by atoms with Crippen LogP contribution in [0.3, 0.4) is 0 Å². The molecule has 0 saturated carbocycles. The Balaban J connectivity index is 2.07. The first-order chi connectivity index (χ1) is 11.3. The van der Waals surface area contributed by atoms with Crippen molar-refractivity contribution >= 4 is 17.6 Å². The van der Waals surface area contributed by atoms with Gasteiger partial charge in [0.25, 0.3) is 5.91 Å². The van der Waals surface area contributed by atoms with Gasteiger partial charge in [-0.15, -0.1) is 0 Å². The van der Waals surface area contributed by atoms with E-state index in [1.165, 1.54) is 12.1 Å². The normalized spacial score (nSPS) is 15.6. The lowest BCUT2D eigenvalue weighted by atomic mass is 10.0. The Morgan fingerprint density at radius 2 is 1.92 bits per heavy atom. The van der Waals surface area contributed by atoms with E-state index < -0.39 is 11.6 Å². The van der Waals surface area contributed by atoms with Crippen molar-refractivity contribution in [2.75, 3.05) is 4.90 Å². The molecule has 1 heterocycles. The average molecular weight is 325 g/mol. The van der Waals surface area contributed by atoms with E-state index in [0.717, 1.165) is 11.1 Å². The molecule has 0 spiro atoms. The van der Waals surface area contributed by atoms with Crippen LogP contribution in [-0.2, 0) is 11.3 Å². The number of nitrogens with zero attached hydrogens (tertiary/aromatic N) is 1. The Morgan fingerprint density at radius 1 is 1.21 bits per heavy atom. The fourth-order valence-corrected chi connectivity index (χ4v) is 2.82. The molecule has 5 nitrogen and oxygen atoms in total. The van der Waals surface area contributed by atoms with Gasteiger partial charge in [-0.1, -0.05) is 24.3 Å². The Hall–Kier alpha value is -2.82. The quantitative estimate of drug-likeness (QED) is 0.939. The highest BCUT2D eigenvalue weighted by Gasteiger charge is 2.41. The number of ether oxygens (including phenoxy) is 1. The van der Waals surface area contributed by atoms with E-state index in [2.05, 4.69) is 0 Å². The van der Waals surface area contributed by atoms with E-state index in [1.807, 2.05) is 31.2 Å². The van der Waals surface area contributed by atoms with Crippen molar-refractivity contribution in [2.24, 2.45) is 0 Å². The number of rotatable bonds is 3. The molecule has 0 saturated heterocycles. The molecule has 1 aliphatic rings. The molecule has 1 amide bonds. The summed E-state index contributed by atoms with van der Waals surface area (Å²) in [7, 11) is 0. The molecule has 1 aliphatic heterocycles. The van der Waals surface area contributed by atoms with Gasteiger partial charge in [-0.05, 0) is 50.1 Å². The van der Waals surface area contributed by atoms with Gasteiger partial charge in [0, 0.05) is 0 Å². The lowest BCUT2D eigenvalue weighted by molar-refractivity contribution is -0.132. The van der Waals surface area contributed by atoms with Gasteiger partial charge < -0.3 is 14.7 Å². The number of aromatic carboxylic acids is 1. The number of hydrogen-bond donors (Lipinski definition) is 1. The van der Waals surface area contributed by atoms with Gasteiger partial charge in [-0.2, -0.15) is 0 Å². The highest BCUT2D eigenvalue weighted by Crippen LogP contribution is 2.39. The second-order valence-corrected chi connectivity index (χ2v) is 6.42. The highest BCUT2D eigenvalue weighted by atomic mass is 16.5. The van der Waals surface area contributed by atoms with Crippen LogP contribution in [0, 0.1) is 6.92 Å². The van der Waals surface area contributed by atoms with Crippen molar-refractivity contribution in [1.29, 1.82) is 0 Å². The molecule has 0 bridgehead atoms. The third kappa shape index (κ3) is 2.73. The highest BCUT2D eigenvalue weighted by molar-refractivity contribution is 6.03. The summed E-state index contributed by atoms with van der Waals surface area (Å²) in [6.45, 7) is 5.80. The summed E-state index contributed by atoms with van der Waals surface area (Å²) in [4.78, 5) is 25.7. The van der Waals surface area contributed by atoms with Crippen molar-refractivity contribution in [1.82, 2.24) is 0 Å². The monoisotopic (exact) mass is 325 g/mol. The molecule has 0 unspecified atom stereocenters. The predicted molar refractivity (Wildman–Crippen MR) is 90.5 cm³/mol. The molecular formula is C19H19NO4. The topological polar surface area (TPSA) is 66.8 Å². The van der Waals surface area contributed by atoms with Crippen LogP contribution >= 0.6 is 0 Å². The zero-order chi connectivity index (χ0) is 17.5. The third-order valence-electron chi connectivity index (χ3n) is 4.21. The fraction of sp³-hybridized carbons (Fsp3) is 0.263. The maximum atomic E-state index is 12.8. The molecular weight excluding hydrogens is 306 g/mol. The van der Waals surface area contributed by atoms with Crippen LogP contribution in [0.5, 0.6) is 5.75 Å². The molecule has 5 heteroatoms. The zero-order valence-electron chi connectivity index (χ0n) is 13.9. The van der Waals surface area contributed by atoms with Gasteiger partial charge in [-0.3, -0.25) is 4.79 Å². The van der Waals surface area contributed by atoms with E-state index in [9.17, 15) is 9.59 Å². The molecule has 24 heavy (non-hydrogen) atoms. The van der Waals surface area contributed by atoms with Gasteiger partial charge in [0.05, 0.1) is 17.8 Å². The van der Waals surface area contributed by atoms with Crippen LogP contribution in [0.15, 0.2) is 42.5 Å². The number of amides is 1. The number of aryl methyl sites for hydroxylation is 1. The predicted octanol–water partition coefficient (Wildman–Crippen LogP) is 3.40. The summed E-state index contributed by atoms with van der Waals surface area (Å²) >= 11 is 0. The maximum Gasteiger partial charge on any atom is 0.335 e. The largest absolute Gasteiger partial charge is 0.478 e. The fourth-order valence-electron chi connectivity index (χ4n) is 2.82. The third-order valence-corrected chi connectivity index (χ3v) is 4.21. The van der Waals surface area contributed by atoms with Gasteiger partial charge in [-0.25, -0.2) is 4.79 Å². The lowest BCUT2D eigenvalue weighted by Gasteiger charge is -2.39. The van der Waals surface area contributed by atoms with Crippen LogP contribution in [0.25, 0.3) is 0 Å². The molecule has 2 aromatic carbocycles. The molecule has 2 aromatic rings. The number of carbonyl (C=O) groups is 2. The number of carboxylic acids is 1. The van der Waals surface area contributed by atoms with Crippen molar-refractivity contribution in [2.45, 2.75) is 32.9 Å². The second kappa shape index (κ2) is 5.67. The summed E-state index contributed by atoms with van der Waals surface area (Å²) < 4.78 is 5.77. The molecule has 0 atom stereocenters. The smallest absolute Gasteiger partial charge is 0.335 e. The Kier molecular flexibility index (Phi) is 3.79. The van der Waals surface area contributed by atoms with Crippen LogP contribution in [0.1, 0.15) is 35.3 Å². The standard InChI is InChI=1S/C19H19NO4/c1-12-6-4-5-7-14(12)11-20-15-9-8-13(17(21)22)10-16(15)24-19(2,3)18(20)23/h4-10H,11H2,1-3H3,(H,21,22). The maximum absolute atomic E-state index is 12.8. The second-order valence-electron chi connectivity index (χ2n) is 6.42. The van der Waals surface area contributed by atoms with Crippen molar-refractivity contribution in [3.05, 3.63) is 59.2 Å². The van der Waals surface area contributed by atoms with Crippen molar-refractivity contribution in [3.63, 3.8) is 0 Å². The minimum atomic E-state index is -1.05. The van der Waals surface area contributed by atoms with E-state index in [-0.39, 0.29) is 11.5 Å². The summed E-state index contributed by atoms with van der Waals surface area (Å²) in [5.74, 6) is -0.768. The number of benzene rings is 2. The summed E-state index contributed by atoms with van der Waals surface area (Å²) in [5.41, 5.74) is 1.81. The van der Waals surface area contributed by atoms with Crippen molar-refractivity contribution in [3.8, 4) is 5.75 Å². The zero-order valence-corrected chi connectivity index (χ0v) is 13.9. The number of hydrogen-bond acceptors (Lipinski definition) is 3. The van der Waals surface area contributed by atoms with Crippen molar-refractivity contribution < 1.29 is 19.4 Å². The summed E-state index contributed by atoms with van der Waals surface area (Å²) in [5, 5.41) is 9.17. The van der Waals surface area contributed by atoms with E-state index in [1.54, 1.807) is 24.8 Å². The minimum absolute atomic E-state index is 0.134. The first kappa shape index (κ1) is 16.1. The van der Waals surface area contributed by atoms with Gasteiger partial charge >= 0.3 is 5.97 Å². The lowest BCUT2D eigenvalue weighted by Crippen LogP contribution is -2.52. The first-order valence-electron chi connectivity index (χ1n) is 7.72. The molecule has 3 rings (SSSR count). The SMILES string of the molecule is Cc1ccccc1CN1C(=O)C(C)(C)Oc2cc(C(=O)O)ccc21. The number of carbonyl (C=O) groups excluding carboxylic acids is 1. The molecule has 1 N–H and O–H groups in total.